The van der Waals surface area contributed by atoms with Crippen molar-refractivity contribution in [2.24, 2.45) is 0 Å². The van der Waals surface area contributed by atoms with E-state index < -0.39 is 0 Å². The Morgan fingerprint density at radius 2 is 2.18 bits per heavy atom. The lowest BCUT2D eigenvalue weighted by Crippen LogP contribution is -2.20. The topological polar surface area (TPSA) is 96.8 Å². The first-order chi connectivity index (χ1) is 13.7. The van der Waals surface area contributed by atoms with Crippen molar-refractivity contribution in [1.29, 1.82) is 0 Å². The standard InChI is InChI=1S/C19H19N7OS/c1-13-21-9-10-26(13)11-15-3-2-4-16(22-15)24-19(27)25-17-12-28-18(23-17)14-5-7-20-8-6-14/h2-7,9-10,12,20H,8,11H2,1H3,(H2,22,24,25,27). The van der Waals surface area contributed by atoms with E-state index in [-0.39, 0.29) is 6.03 Å². The summed E-state index contributed by atoms with van der Waals surface area (Å²) in [4.78, 5) is 25.4. The van der Waals surface area contributed by atoms with Gasteiger partial charge in [0.25, 0.3) is 0 Å². The second kappa shape index (κ2) is 8.05. The minimum Gasteiger partial charge on any atom is -0.387 e. The molecule has 3 aromatic heterocycles. The third kappa shape index (κ3) is 4.26. The molecule has 1 aliphatic heterocycles. The zero-order valence-electron chi connectivity index (χ0n) is 15.2. The number of allylic oxidation sites excluding steroid dienone is 2. The number of rotatable bonds is 5. The number of anilines is 2. The van der Waals surface area contributed by atoms with Crippen molar-refractivity contribution in [3.63, 3.8) is 0 Å². The summed E-state index contributed by atoms with van der Waals surface area (Å²) in [5.74, 6) is 1.90. The lowest BCUT2D eigenvalue weighted by atomic mass is 10.2. The van der Waals surface area contributed by atoms with Gasteiger partial charge in [-0.2, -0.15) is 0 Å². The van der Waals surface area contributed by atoms with Crippen molar-refractivity contribution >= 4 is 34.6 Å². The van der Waals surface area contributed by atoms with Gasteiger partial charge in [-0.3, -0.25) is 10.6 Å². The van der Waals surface area contributed by atoms with Gasteiger partial charge in [0.15, 0.2) is 0 Å². The number of dihydropyridines is 1. The maximum Gasteiger partial charge on any atom is 0.326 e. The van der Waals surface area contributed by atoms with Crippen LogP contribution in [0.25, 0.3) is 5.57 Å². The average molecular weight is 393 g/mol. The number of aromatic nitrogens is 4. The fraction of sp³-hybridized carbons (Fsp3) is 0.158. The molecule has 0 saturated heterocycles. The van der Waals surface area contributed by atoms with Gasteiger partial charge in [-0.25, -0.2) is 19.7 Å². The number of imidazole rings is 1. The first-order valence-electron chi connectivity index (χ1n) is 8.75. The largest absolute Gasteiger partial charge is 0.387 e. The number of aryl methyl sites for hydroxylation is 1. The lowest BCUT2D eigenvalue weighted by Gasteiger charge is -2.08. The highest BCUT2D eigenvalue weighted by atomic mass is 32.1. The number of hydrogen-bond acceptors (Lipinski definition) is 6. The van der Waals surface area contributed by atoms with Crippen molar-refractivity contribution < 1.29 is 4.79 Å². The molecule has 0 atom stereocenters. The quantitative estimate of drug-likeness (QED) is 0.618. The number of thiazole rings is 1. The minimum atomic E-state index is -0.379. The molecule has 3 N–H and O–H groups in total. The number of hydrogen-bond donors (Lipinski definition) is 3. The second-order valence-corrected chi connectivity index (χ2v) is 6.99. The highest BCUT2D eigenvalue weighted by molar-refractivity contribution is 7.11. The van der Waals surface area contributed by atoms with Gasteiger partial charge in [-0.1, -0.05) is 12.1 Å². The summed E-state index contributed by atoms with van der Waals surface area (Å²) in [5, 5.41) is 11.3. The Balaban J connectivity index is 1.38. The van der Waals surface area contributed by atoms with Crippen LogP contribution in [0.2, 0.25) is 0 Å². The first-order valence-corrected chi connectivity index (χ1v) is 9.63. The van der Waals surface area contributed by atoms with Crippen LogP contribution >= 0.6 is 11.3 Å². The van der Waals surface area contributed by atoms with E-state index in [1.807, 2.05) is 47.5 Å². The minimum absolute atomic E-state index is 0.379. The van der Waals surface area contributed by atoms with Crippen LogP contribution in [0.5, 0.6) is 0 Å². The predicted molar refractivity (Wildman–Crippen MR) is 110 cm³/mol. The molecule has 0 fully saturated rings. The van der Waals surface area contributed by atoms with Crippen LogP contribution in [0, 0.1) is 6.92 Å². The second-order valence-electron chi connectivity index (χ2n) is 6.13. The van der Waals surface area contributed by atoms with Crippen molar-refractivity contribution in [3.05, 3.63) is 70.9 Å². The molecule has 1 aliphatic rings. The number of nitrogens with one attached hydrogen (secondary N) is 3. The van der Waals surface area contributed by atoms with E-state index in [0.29, 0.717) is 18.2 Å². The van der Waals surface area contributed by atoms with Crippen LogP contribution in [0.3, 0.4) is 0 Å². The molecule has 9 heteroatoms. The third-order valence-electron chi connectivity index (χ3n) is 4.12. The van der Waals surface area contributed by atoms with Crippen molar-refractivity contribution in [1.82, 2.24) is 24.8 Å². The summed E-state index contributed by atoms with van der Waals surface area (Å²) in [7, 11) is 0. The van der Waals surface area contributed by atoms with E-state index >= 15 is 0 Å². The molecule has 0 aliphatic carbocycles. The van der Waals surface area contributed by atoms with Crippen LogP contribution in [-0.2, 0) is 6.54 Å². The molecular formula is C19H19N7OS. The number of carbonyl (C=O) groups is 1. The molecule has 0 spiro atoms. The number of amides is 2. The fourth-order valence-electron chi connectivity index (χ4n) is 2.72. The van der Waals surface area contributed by atoms with Gasteiger partial charge in [-0.05, 0) is 31.3 Å². The highest BCUT2D eigenvalue weighted by Crippen LogP contribution is 2.24. The van der Waals surface area contributed by atoms with Gasteiger partial charge in [0, 0.05) is 29.9 Å². The molecule has 0 radical (unpaired) electrons. The van der Waals surface area contributed by atoms with E-state index in [2.05, 4.69) is 37.0 Å². The van der Waals surface area contributed by atoms with Gasteiger partial charge < -0.3 is 9.88 Å². The van der Waals surface area contributed by atoms with Crippen LogP contribution in [0.15, 0.2) is 54.3 Å². The molecule has 28 heavy (non-hydrogen) atoms. The Morgan fingerprint density at radius 3 is 2.96 bits per heavy atom. The monoisotopic (exact) mass is 393 g/mol. The molecule has 142 valence electrons. The Labute approximate surface area is 166 Å². The van der Waals surface area contributed by atoms with E-state index in [9.17, 15) is 4.79 Å². The number of pyridine rings is 1. The van der Waals surface area contributed by atoms with Gasteiger partial charge in [0.05, 0.1) is 12.2 Å². The van der Waals surface area contributed by atoms with Crippen molar-refractivity contribution in [2.45, 2.75) is 13.5 Å². The molecule has 4 heterocycles. The molecule has 0 saturated carbocycles. The van der Waals surface area contributed by atoms with Crippen LogP contribution < -0.4 is 16.0 Å². The number of carbonyl (C=O) groups excluding carboxylic acids is 1. The van der Waals surface area contributed by atoms with E-state index in [1.54, 1.807) is 12.3 Å². The van der Waals surface area contributed by atoms with Gasteiger partial charge in [0.2, 0.25) is 0 Å². The zero-order chi connectivity index (χ0) is 19.3. The first kappa shape index (κ1) is 17.9. The summed E-state index contributed by atoms with van der Waals surface area (Å²) < 4.78 is 1.99. The van der Waals surface area contributed by atoms with E-state index in [1.165, 1.54) is 11.3 Å². The van der Waals surface area contributed by atoms with Crippen LogP contribution in [0.1, 0.15) is 16.5 Å². The molecular weight excluding hydrogens is 374 g/mol. The Morgan fingerprint density at radius 1 is 1.29 bits per heavy atom. The average Bonchev–Trinajstić information content (AvgIpc) is 3.32. The van der Waals surface area contributed by atoms with E-state index in [0.717, 1.165) is 28.6 Å². The Hall–Kier alpha value is -3.46. The smallest absolute Gasteiger partial charge is 0.326 e. The van der Waals surface area contributed by atoms with Gasteiger partial charge in [0.1, 0.15) is 22.5 Å². The number of nitrogens with zero attached hydrogens (tertiary/aromatic N) is 4. The van der Waals surface area contributed by atoms with E-state index in [4.69, 9.17) is 0 Å². The summed E-state index contributed by atoms with van der Waals surface area (Å²) in [5.41, 5.74) is 1.88. The molecule has 0 unspecified atom stereocenters. The molecule has 2 amide bonds. The van der Waals surface area contributed by atoms with Crippen LogP contribution in [-0.4, -0.2) is 32.1 Å². The molecule has 8 nitrogen and oxygen atoms in total. The summed E-state index contributed by atoms with van der Waals surface area (Å²) in [6, 6.07) is 5.15. The fourth-order valence-corrected chi connectivity index (χ4v) is 3.50. The normalized spacial score (nSPS) is 13.0. The summed E-state index contributed by atoms with van der Waals surface area (Å²) in [6.07, 6.45) is 9.56. The van der Waals surface area contributed by atoms with Crippen molar-refractivity contribution in [3.8, 4) is 0 Å². The maximum absolute atomic E-state index is 12.3. The van der Waals surface area contributed by atoms with Gasteiger partial charge in [-0.15, -0.1) is 11.3 Å². The third-order valence-corrected chi connectivity index (χ3v) is 5.01. The SMILES string of the molecule is Cc1nccn1Cc1cccc(NC(=O)Nc2csc(C3=CCNC=C3)n2)n1. The summed E-state index contributed by atoms with van der Waals surface area (Å²) in [6.45, 7) is 3.30. The van der Waals surface area contributed by atoms with Gasteiger partial charge >= 0.3 is 6.03 Å². The summed E-state index contributed by atoms with van der Waals surface area (Å²) >= 11 is 1.49. The maximum atomic E-state index is 12.3. The van der Waals surface area contributed by atoms with Crippen molar-refractivity contribution in [2.75, 3.05) is 17.2 Å². The Kier molecular flexibility index (Phi) is 5.16. The lowest BCUT2D eigenvalue weighted by molar-refractivity contribution is 0.262. The zero-order valence-corrected chi connectivity index (χ0v) is 16.0. The molecule has 0 bridgehead atoms. The molecule has 0 aromatic carbocycles. The molecule has 3 aromatic rings. The molecule has 4 rings (SSSR count). The predicted octanol–water partition coefficient (Wildman–Crippen LogP) is 3.24. The van der Waals surface area contributed by atoms with Crippen LogP contribution in [0.4, 0.5) is 16.4 Å². The number of urea groups is 1. The highest BCUT2D eigenvalue weighted by Gasteiger charge is 2.10. The Bertz CT molecular complexity index is 1050.